The number of carbonyl (C=O) groups excluding carboxylic acids is 1. The maximum atomic E-state index is 11.3. The van der Waals surface area contributed by atoms with Gasteiger partial charge < -0.3 is 4.42 Å². The topological polar surface area (TPSA) is 30.2 Å². The second-order valence-electron chi connectivity index (χ2n) is 2.98. The van der Waals surface area contributed by atoms with E-state index < -0.39 is 0 Å². The van der Waals surface area contributed by atoms with Crippen molar-refractivity contribution in [3.8, 4) is 0 Å². The molecule has 2 nitrogen and oxygen atoms in total. The van der Waals surface area contributed by atoms with Crippen LogP contribution >= 0.6 is 23.4 Å². The van der Waals surface area contributed by atoms with E-state index in [9.17, 15) is 4.79 Å². The Kier molecular flexibility index (Phi) is 4.55. The van der Waals surface area contributed by atoms with Crippen LogP contribution in [0.3, 0.4) is 0 Å². The van der Waals surface area contributed by atoms with Crippen LogP contribution in [0, 0.1) is 0 Å². The van der Waals surface area contributed by atoms with E-state index in [0.29, 0.717) is 17.4 Å². The molecule has 0 amide bonds. The summed E-state index contributed by atoms with van der Waals surface area (Å²) < 4.78 is 5.18. The average Bonchev–Trinajstić information content (AvgIpc) is 2.59. The van der Waals surface area contributed by atoms with Crippen molar-refractivity contribution in [2.45, 2.75) is 31.3 Å². The van der Waals surface area contributed by atoms with Gasteiger partial charge in [0.05, 0.1) is 11.0 Å². The number of ketones is 1. The van der Waals surface area contributed by atoms with E-state index in [1.165, 1.54) is 0 Å². The number of furan rings is 1. The lowest BCUT2D eigenvalue weighted by atomic mass is 10.2. The van der Waals surface area contributed by atoms with Gasteiger partial charge in [0.15, 0.2) is 5.22 Å². The molecule has 1 aromatic heterocycles. The quantitative estimate of drug-likeness (QED) is 0.778. The zero-order valence-electron chi connectivity index (χ0n) is 8.25. The fourth-order valence-electron chi connectivity index (χ4n) is 1.02. The first kappa shape index (κ1) is 11.7. The first-order valence-corrected chi connectivity index (χ1v) is 5.94. The Morgan fingerprint density at radius 1 is 1.64 bits per heavy atom. The molecule has 78 valence electrons. The van der Waals surface area contributed by atoms with E-state index >= 15 is 0 Å². The molecule has 0 aliphatic carbocycles. The number of Topliss-reactive ketones (excluding diaryl/α,β-unsaturated/α-hetero) is 1. The highest BCUT2D eigenvalue weighted by Gasteiger charge is 2.11. The van der Waals surface area contributed by atoms with Crippen LogP contribution in [-0.2, 0) is 10.5 Å². The number of halogens is 1. The Balaban J connectivity index is 2.37. The first-order chi connectivity index (χ1) is 6.63. The number of hydrogen-bond acceptors (Lipinski definition) is 3. The first-order valence-electron chi connectivity index (χ1n) is 4.52. The van der Waals surface area contributed by atoms with Gasteiger partial charge >= 0.3 is 0 Å². The van der Waals surface area contributed by atoms with Crippen molar-refractivity contribution >= 4 is 29.1 Å². The van der Waals surface area contributed by atoms with Gasteiger partial charge in [-0.3, -0.25) is 4.79 Å². The van der Waals surface area contributed by atoms with Gasteiger partial charge in [-0.15, -0.1) is 11.8 Å². The summed E-state index contributed by atoms with van der Waals surface area (Å²) in [6.07, 6.45) is 0.590. The number of hydrogen-bond donors (Lipinski definition) is 0. The predicted molar refractivity (Wildman–Crippen MR) is 59.8 cm³/mol. The molecule has 14 heavy (non-hydrogen) atoms. The van der Waals surface area contributed by atoms with Crippen molar-refractivity contribution in [1.82, 2.24) is 0 Å². The Morgan fingerprint density at radius 3 is 2.86 bits per heavy atom. The molecule has 0 radical (unpaired) electrons. The summed E-state index contributed by atoms with van der Waals surface area (Å²) in [7, 11) is 0. The third-order valence-corrected chi connectivity index (χ3v) is 3.32. The van der Waals surface area contributed by atoms with Crippen molar-refractivity contribution in [1.29, 1.82) is 0 Å². The minimum Gasteiger partial charge on any atom is -0.449 e. The highest BCUT2D eigenvalue weighted by molar-refractivity contribution is 7.99. The summed E-state index contributed by atoms with van der Waals surface area (Å²) in [6.45, 7) is 3.80. The van der Waals surface area contributed by atoms with Crippen LogP contribution in [-0.4, -0.2) is 11.0 Å². The van der Waals surface area contributed by atoms with Gasteiger partial charge in [0.1, 0.15) is 11.5 Å². The Morgan fingerprint density at radius 2 is 2.36 bits per heavy atom. The SMILES string of the molecule is CCC(=O)C(C)SCc1ccc(Cl)o1. The fourth-order valence-corrected chi connectivity index (χ4v) is 2.10. The average molecular weight is 233 g/mol. The van der Waals surface area contributed by atoms with E-state index in [0.717, 1.165) is 5.76 Å². The normalized spacial score (nSPS) is 12.8. The standard InChI is InChI=1S/C10H13ClO2S/c1-3-9(12)7(2)14-6-8-4-5-10(11)13-8/h4-5,7H,3,6H2,1-2H3. The van der Waals surface area contributed by atoms with E-state index in [2.05, 4.69) is 0 Å². The molecule has 1 atom stereocenters. The summed E-state index contributed by atoms with van der Waals surface area (Å²) in [5.74, 6) is 1.78. The van der Waals surface area contributed by atoms with Gasteiger partial charge in [-0.05, 0) is 30.7 Å². The molecule has 0 aliphatic rings. The highest BCUT2D eigenvalue weighted by Crippen LogP contribution is 2.22. The molecular weight excluding hydrogens is 220 g/mol. The van der Waals surface area contributed by atoms with Gasteiger partial charge in [0, 0.05) is 6.42 Å². The summed E-state index contributed by atoms with van der Waals surface area (Å²) in [5, 5.41) is 0.430. The van der Waals surface area contributed by atoms with Gasteiger partial charge in [0.2, 0.25) is 0 Å². The number of carbonyl (C=O) groups is 1. The molecule has 0 aliphatic heterocycles. The van der Waals surface area contributed by atoms with Gasteiger partial charge in [-0.25, -0.2) is 0 Å². The van der Waals surface area contributed by atoms with Crippen LogP contribution in [0.25, 0.3) is 0 Å². The van der Waals surface area contributed by atoms with Crippen molar-refractivity contribution in [3.63, 3.8) is 0 Å². The Hall–Kier alpha value is -0.410. The van der Waals surface area contributed by atoms with Crippen LogP contribution in [0.2, 0.25) is 5.22 Å². The van der Waals surface area contributed by atoms with E-state index in [1.54, 1.807) is 17.8 Å². The van der Waals surface area contributed by atoms with Gasteiger partial charge in [-0.1, -0.05) is 6.92 Å². The molecular formula is C10H13ClO2S. The molecule has 4 heteroatoms. The predicted octanol–water partition coefficient (Wildman–Crippen LogP) is 3.53. The van der Waals surface area contributed by atoms with Crippen LogP contribution in [0.4, 0.5) is 0 Å². The minimum absolute atomic E-state index is 0.0314. The minimum atomic E-state index is 0.0314. The Bertz CT molecular complexity index is 309. The fraction of sp³-hybridized carbons (Fsp3) is 0.500. The molecule has 1 unspecified atom stereocenters. The molecule has 0 saturated heterocycles. The second-order valence-corrected chi connectivity index (χ2v) is 4.68. The lowest BCUT2D eigenvalue weighted by Gasteiger charge is -2.06. The van der Waals surface area contributed by atoms with Crippen LogP contribution < -0.4 is 0 Å². The summed E-state index contributed by atoms with van der Waals surface area (Å²) >= 11 is 7.20. The molecule has 0 saturated carbocycles. The zero-order chi connectivity index (χ0) is 10.6. The molecule has 0 fully saturated rings. The number of thioether (sulfide) groups is 1. The zero-order valence-corrected chi connectivity index (χ0v) is 9.82. The molecule has 1 aromatic rings. The molecule has 0 spiro atoms. The summed E-state index contributed by atoms with van der Waals surface area (Å²) in [5.41, 5.74) is 0. The maximum Gasteiger partial charge on any atom is 0.193 e. The third kappa shape index (κ3) is 3.39. The monoisotopic (exact) mass is 232 g/mol. The largest absolute Gasteiger partial charge is 0.449 e. The molecule has 0 N–H and O–H groups in total. The van der Waals surface area contributed by atoms with E-state index in [-0.39, 0.29) is 11.0 Å². The van der Waals surface area contributed by atoms with Crippen molar-refractivity contribution in [2.24, 2.45) is 0 Å². The highest BCUT2D eigenvalue weighted by atomic mass is 35.5. The van der Waals surface area contributed by atoms with E-state index in [4.69, 9.17) is 16.0 Å². The molecule has 0 bridgehead atoms. The third-order valence-electron chi connectivity index (χ3n) is 1.91. The van der Waals surface area contributed by atoms with Gasteiger partial charge in [0.25, 0.3) is 0 Å². The Labute approximate surface area is 93.0 Å². The molecule has 1 heterocycles. The van der Waals surface area contributed by atoms with Crippen LogP contribution in [0.15, 0.2) is 16.5 Å². The molecule has 1 rings (SSSR count). The van der Waals surface area contributed by atoms with Crippen LogP contribution in [0.5, 0.6) is 0 Å². The lowest BCUT2D eigenvalue weighted by molar-refractivity contribution is -0.117. The molecule has 0 aromatic carbocycles. The van der Waals surface area contributed by atoms with Crippen molar-refractivity contribution < 1.29 is 9.21 Å². The summed E-state index contributed by atoms with van der Waals surface area (Å²) in [4.78, 5) is 11.3. The van der Waals surface area contributed by atoms with E-state index in [1.807, 2.05) is 19.9 Å². The van der Waals surface area contributed by atoms with Crippen molar-refractivity contribution in [3.05, 3.63) is 23.1 Å². The summed E-state index contributed by atoms with van der Waals surface area (Å²) in [6, 6.07) is 3.54. The van der Waals surface area contributed by atoms with Crippen LogP contribution in [0.1, 0.15) is 26.0 Å². The second kappa shape index (κ2) is 5.47. The lowest BCUT2D eigenvalue weighted by Crippen LogP contribution is -2.11. The van der Waals surface area contributed by atoms with Crippen molar-refractivity contribution in [2.75, 3.05) is 0 Å². The number of rotatable bonds is 5. The maximum absolute atomic E-state index is 11.3. The van der Waals surface area contributed by atoms with Gasteiger partial charge in [-0.2, -0.15) is 0 Å². The smallest absolute Gasteiger partial charge is 0.193 e.